The molecule has 2 aromatic carbocycles. The lowest BCUT2D eigenvalue weighted by Gasteiger charge is -2.08. The summed E-state index contributed by atoms with van der Waals surface area (Å²) in [7, 11) is 0. The van der Waals surface area contributed by atoms with E-state index >= 15 is 0 Å². The first-order valence-electron chi connectivity index (χ1n) is 14.6. The van der Waals surface area contributed by atoms with Gasteiger partial charge < -0.3 is 9.47 Å². The van der Waals surface area contributed by atoms with E-state index in [1.54, 1.807) is 24.5 Å². The van der Waals surface area contributed by atoms with Gasteiger partial charge in [-0.3, -0.25) is 0 Å². The van der Waals surface area contributed by atoms with Crippen LogP contribution in [0.1, 0.15) is 107 Å². The van der Waals surface area contributed by atoms with Crippen molar-refractivity contribution in [2.75, 3.05) is 6.61 Å². The molecule has 1 heterocycles. The molecule has 0 bridgehead atoms. The van der Waals surface area contributed by atoms with Crippen LogP contribution in [0.5, 0.6) is 11.8 Å². The van der Waals surface area contributed by atoms with Gasteiger partial charge in [-0.25, -0.2) is 14.8 Å². The molecule has 0 atom stereocenters. The largest absolute Gasteiger partial charge is 0.494 e. The highest BCUT2D eigenvalue weighted by Crippen LogP contribution is 2.23. The lowest BCUT2D eigenvalue weighted by Crippen LogP contribution is -2.10. The number of hydrogen-bond acceptors (Lipinski definition) is 5. The van der Waals surface area contributed by atoms with Crippen LogP contribution in [0, 0.1) is 0 Å². The molecule has 1 aromatic heterocycles. The zero-order valence-electron chi connectivity index (χ0n) is 23.3. The van der Waals surface area contributed by atoms with Crippen molar-refractivity contribution in [2.45, 2.75) is 97.3 Å². The third-order valence-corrected chi connectivity index (χ3v) is 6.76. The van der Waals surface area contributed by atoms with Crippen LogP contribution >= 0.6 is 0 Å². The van der Waals surface area contributed by atoms with Gasteiger partial charge in [-0.05, 0) is 60.2 Å². The first-order chi connectivity index (χ1) is 18.7. The van der Waals surface area contributed by atoms with E-state index < -0.39 is 5.97 Å². The number of aromatic nitrogens is 2. The van der Waals surface area contributed by atoms with Crippen molar-refractivity contribution >= 4 is 5.97 Å². The molecular weight excluding hydrogens is 472 g/mol. The van der Waals surface area contributed by atoms with E-state index in [4.69, 9.17) is 9.47 Å². The fourth-order valence-electron chi connectivity index (χ4n) is 4.39. The van der Waals surface area contributed by atoms with Gasteiger partial charge in [-0.1, -0.05) is 102 Å². The molecule has 0 aliphatic rings. The second-order valence-corrected chi connectivity index (χ2v) is 10.00. The van der Waals surface area contributed by atoms with E-state index in [0.29, 0.717) is 5.56 Å². The van der Waals surface area contributed by atoms with Crippen LogP contribution in [0.15, 0.2) is 60.9 Å². The third kappa shape index (κ3) is 10.6. The van der Waals surface area contributed by atoms with Crippen molar-refractivity contribution in [3.05, 3.63) is 72.1 Å². The molecule has 0 fully saturated rings. The zero-order valence-corrected chi connectivity index (χ0v) is 23.3. The standard InChI is InChI=1S/C33H44N2O3/c1-3-5-7-9-11-13-15-27-25-34-33(35-26-27)38-32(36)30-18-16-28(17-19-30)29-20-22-31(23-21-29)37-24-14-12-10-8-6-4-2/h16-23,25-26H,3-15,24H2,1-2H3. The van der Waals surface area contributed by atoms with Crippen molar-refractivity contribution < 1.29 is 14.3 Å². The number of unbranched alkanes of at least 4 members (excludes halogenated alkanes) is 10. The molecule has 0 amide bonds. The van der Waals surface area contributed by atoms with E-state index in [-0.39, 0.29) is 6.01 Å². The lowest BCUT2D eigenvalue weighted by atomic mass is 10.0. The van der Waals surface area contributed by atoms with Gasteiger partial charge in [0, 0.05) is 12.4 Å². The van der Waals surface area contributed by atoms with Crippen molar-refractivity contribution in [2.24, 2.45) is 0 Å². The number of ether oxygens (including phenoxy) is 2. The Labute approximate surface area is 229 Å². The summed E-state index contributed by atoms with van der Waals surface area (Å²) >= 11 is 0. The number of esters is 1. The minimum atomic E-state index is -0.460. The van der Waals surface area contributed by atoms with Crippen LogP contribution in [-0.4, -0.2) is 22.5 Å². The predicted octanol–water partition coefficient (Wildman–Crippen LogP) is 9.01. The molecule has 0 saturated heterocycles. The average Bonchev–Trinajstić information content (AvgIpc) is 2.96. The van der Waals surface area contributed by atoms with Gasteiger partial charge in [0.2, 0.25) is 0 Å². The molecule has 0 N–H and O–H groups in total. The number of carbonyl (C=O) groups excluding carboxylic acids is 1. The highest BCUT2D eigenvalue weighted by Gasteiger charge is 2.11. The van der Waals surface area contributed by atoms with Gasteiger partial charge >= 0.3 is 12.0 Å². The molecule has 0 saturated carbocycles. The Bertz CT molecular complexity index is 1050. The highest BCUT2D eigenvalue weighted by atomic mass is 16.5. The number of hydrogen-bond donors (Lipinski definition) is 0. The fraction of sp³-hybridized carbons (Fsp3) is 0.485. The maximum absolute atomic E-state index is 12.6. The Morgan fingerprint density at radius 2 is 1.18 bits per heavy atom. The molecule has 38 heavy (non-hydrogen) atoms. The molecule has 3 aromatic rings. The SMILES string of the molecule is CCCCCCCCOc1ccc(-c2ccc(C(=O)Oc3ncc(CCCCCCCC)cn3)cc2)cc1. The van der Waals surface area contributed by atoms with E-state index in [2.05, 4.69) is 23.8 Å². The first-order valence-corrected chi connectivity index (χ1v) is 14.6. The van der Waals surface area contributed by atoms with Crippen molar-refractivity contribution in [3.8, 4) is 22.9 Å². The molecule has 0 unspecified atom stereocenters. The lowest BCUT2D eigenvalue weighted by molar-refractivity contribution is 0.0719. The molecular formula is C33H44N2O3. The molecule has 0 spiro atoms. The Morgan fingerprint density at radius 3 is 1.79 bits per heavy atom. The summed E-state index contributed by atoms with van der Waals surface area (Å²) in [5, 5.41) is 0. The molecule has 3 rings (SSSR count). The maximum atomic E-state index is 12.6. The summed E-state index contributed by atoms with van der Waals surface area (Å²) in [6.45, 7) is 5.23. The van der Waals surface area contributed by atoms with Crippen LogP contribution in [0.25, 0.3) is 11.1 Å². The van der Waals surface area contributed by atoms with Gasteiger partial charge in [0.25, 0.3) is 0 Å². The summed E-state index contributed by atoms with van der Waals surface area (Å²) in [5.41, 5.74) is 3.64. The van der Waals surface area contributed by atoms with Crippen LogP contribution in [-0.2, 0) is 6.42 Å². The van der Waals surface area contributed by atoms with Crippen molar-refractivity contribution in [1.29, 1.82) is 0 Å². The van der Waals surface area contributed by atoms with E-state index in [1.165, 1.54) is 64.2 Å². The molecule has 0 aliphatic carbocycles. The number of carbonyl (C=O) groups is 1. The number of aryl methyl sites for hydroxylation is 1. The van der Waals surface area contributed by atoms with Gasteiger partial charge in [0.15, 0.2) is 0 Å². The minimum absolute atomic E-state index is 0.0855. The Hall–Kier alpha value is -3.21. The summed E-state index contributed by atoms with van der Waals surface area (Å²) in [6.07, 6.45) is 19.5. The molecule has 5 heteroatoms. The van der Waals surface area contributed by atoms with E-state index in [1.807, 2.05) is 36.4 Å². The van der Waals surface area contributed by atoms with Gasteiger partial charge in [0.05, 0.1) is 12.2 Å². The van der Waals surface area contributed by atoms with Gasteiger partial charge in [0.1, 0.15) is 5.75 Å². The monoisotopic (exact) mass is 516 g/mol. The second kappa shape index (κ2) is 17.3. The summed E-state index contributed by atoms with van der Waals surface area (Å²) in [5.74, 6) is 0.430. The quantitative estimate of drug-likeness (QED) is 0.125. The van der Waals surface area contributed by atoms with Gasteiger partial charge in [-0.2, -0.15) is 0 Å². The average molecular weight is 517 g/mol. The van der Waals surface area contributed by atoms with Crippen molar-refractivity contribution in [3.63, 3.8) is 0 Å². The summed E-state index contributed by atoms with van der Waals surface area (Å²) < 4.78 is 11.3. The molecule has 0 radical (unpaired) electrons. The summed E-state index contributed by atoms with van der Waals surface area (Å²) in [4.78, 5) is 21.0. The smallest absolute Gasteiger partial charge is 0.345 e. The number of nitrogens with zero attached hydrogens (tertiary/aromatic N) is 2. The number of rotatable bonds is 18. The summed E-state index contributed by atoms with van der Waals surface area (Å²) in [6, 6.07) is 15.6. The van der Waals surface area contributed by atoms with Gasteiger partial charge in [-0.15, -0.1) is 0 Å². The minimum Gasteiger partial charge on any atom is -0.494 e. The normalized spacial score (nSPS) is 10.9. The Balaban J connectivity index is 1.41. The van der Waals surface area contributed by atoms with Crippen LogP contribution in [0.3, 0.4) is 0 Å². The predicted molar refractivity (Wildman–Crippen MR) is 155 cm³/mol. The van der Waals surface area contributed by atoms with Crippen molar-refractivity contribution in [1.82, 2.24) is 9.97 Å². The van der Waals surface area contributed by atoms with Crippen LogP contribution < -0.4 is 9.47 Å². The first kappa shape index (κ1) is 29.3. The molecule has 204 valence electrons. The zero-order chi connectivity index (χ0) is 26.8. The van der Waals surface area contributed by atoms with E-state index in [9.17, 15) is 4.79 Å². The number of benzene rings is 2. The van der Waals surface area contributed by atoms with Crippen LogP contribution in [0.4, 0.5) is 0 Å². The highest BCUT2D eigenvalue weighted by molar-refractivity contribution is 5.91. The Morgan fingerprint density at radius 1 is 0.658 bits per heavy atom. The Kier molecular flexibility index (Phi) is 13.4. The second-order valence-electron chi connectivity index (χ2n) is 10.00. The van der Waals surface area contributed by atoms with E-state index in [0.717, 1.165) is 48.3 Å². The fourth-order valence-corrected chi connectivity index (χ4v) is 4.39. The van der Waals surface area contributed by atoms with Crippen LogP contribution in [0.2, 0.25) is 0 Å². The maximum Gasteiger partial charge on any atom is 0.345 e. The topological polar surface area (TPSA) is 61.3 Å². The third-order valence-electron chi connectivity index (χ3n) is 6.76. The molecule has 0 aliphatic heterocycles. The molecule has 5 nitrogen and oxygen atoms in total.